The van der Waals surface area contributed by atoms with E-state index < -0.39 is 0 Å². The Morgan fingerprint density at radius 3 is 2.00 bits per heavy atom. The van der Waals surface area contributed by atoms with E-state index in [1.807, 2.05) is 0 Å². The summed E-state index contributed by atoms with van der Waals surface area (Å²) in [6, 6.07) is 5.05. The molecule has 0 amide bonds. The number of nitrogens with one attached hydrogen (secondary N) is 1. The minimum atomic E-state index is 0.125. The molecule has 0 saturated heterocycles. The highest BCUT2D eigenvalue weighted by atomic mass is 15.2. The lowest BCUT2D eigenvalue weighted by molar-refractivity contribution is 0.138. The molecule has 0 aliphatic carbocycles. The summed E-state index contributed by atoms with van der Waals surface area (Å²) < 4.78 is 0. The maximum Gasteiger partial charge on any atom is 0.0303 e. The van der Waals surface area contributed by atoms with Crippen LogP contribution in [0.3, 0.4) is 0 Å². The van der Waals surface area contributed by atoms with E-state index in [0.717, 1.165) is 13.0 Å². The SMILES string of the molecule is CCNC(Cc1c(C)cc(C)cc1C)C(C)(C)N(C)C. The van der Waals surface area contributed by atoms with Crippen LogP contribution in [-0.2, 0) is 6.42 Å². The van der Waals surface area contributed by atoms with Crippen LogP contribution >= 0.6 is 0 Å². The number of hydrogen-bond donors (Lipinski definition) is 1. The summed E-state index contributed by atoms with van der Waals surface area (Å²) in [6.07, 6.45) is 1.08. The maximum absolute atomic E-state index is 3.68. The normalized spacial score (nSPS) is 13.8. The van der Waals surface area contributed by atoms with E-state index >= 15 is 0 Å². The Morgan fingerprint density at radius 2 is 1.60 bits per heavy atom. The van der Waals surface area contributed by atoms with Gasteiger partial charge in [0.1, 0.15) is 0 Å². The molecule has 1 N–H and O–H groups in total. The molecule has 0 aliphatic heterocycles. The van der Waals surface area contributed by atoms with Crippen LogP contribution in [0, 0.1) is 20.8 Å². The quantitative estimate of drug-likeness (QED) is 0.856. The first-order valence-corrected chi connectivity index (χ1v) is 7.67. The molecule has 0 fully saturated rings. The molecule has 0 radical (unpaired) electrons. The van der Waals surface area contributed by atoms with Gasteiger partial charge in [0.15, 0.2) is 0 Å². The van der Waals surface area contributed by atoms with Crippen LogP contribution in [0.1, 0.15) is 43.0 Å². The van der Waals surface area contributed by atoms with E-state index in [9.17, 15) is 0 Å². The number of rotatable bonds is 6. The fraction of sp³-hybridized carbons (Fsp3) is 0.667. The van der Waals surface area contributed by atoms with E-state index in [1.54, 1.807) is 0 Å². The maximum atomic E-state index is 3.68. The Labute approximate surface area is 125 Å². The molecule has 0 aliphatic rings. The van der Waals surface area contributed by atoms with Crippen LogP contribution in [0.2, 0.25) is 0 Å². The summed E-state index contributed by atoms with van der Waals surface area (Å²) in [6.45, 7) is 14.5. The molecule has 0 saturated carbocycles. The number of hydrogen-bond acceptors (Lipinski definition) is 2. The number of benzene rings is 1. The highest BCUT2D eigenvalue weighted by Crippen LogP contribution is 2.24. The topological polar surface area (TPSA) is 15.3 Å². The molecule has 1 atom stereocenters. The largest absolute Gasteiger partial charge is 0.312 e. The van der Waals surface area contributed by atoms with Crippen molar-refractivity contribution in [3.05, 3.63) is 34.4 Å². The van der Waals surface area contributed by atoms with E-state index in [-0.39, 0.29) is 5.54 Å². The van der Waals surface area contributed by atoms with Crippen molar-refractivity contribution in [3.8, 4) is 0 Å². The van der Waals surface area contributed by atoms with Crippen molar-refractivity contribution in [1.82, 2.24) is 10.2 Å². The van der Waals surface area contributed by atoms with Crippen LogP contribution in [0.4, 0.5) is 0 Å². The van der Waals surface area contributed by atoms with E-state index in [1.165, 1.54) is 22.3 Å². The van der Waals surface area contributed by atoms with Crippen LogP contribution in [0.25, 0.3) is 0 Å². The monoisotopic (exact) mass is 276 g/mol. The molecule has 2 heteroatoms. The first-order valence-electron chi connectivity index (χ1n) is 7.67. The highest BCUT2D eigenvalue weighted by molar-refractivity contribution is 5.38. The van der Waals surface area contributed by atoms with Crippen LogP contribution in [0.5, 0.6) is 0 Å². The third-order valence-electron chi connectivity index (χ3n) is 4.70. The van der Waals surface area contributed by atoms with E-state index in [2.05, 4.69) is 78.0 Å². The minimum absolute atomic E-state index is 0.125. The van der Waals surface area contributed by atoms with Gasteiger partial charge in [-0.25, -0.2) is 0 Å². The zero-order valence-corrected chi connectivity index (χ0v) is 14.6. The van der Waals surface area contributed by atoms with Crippen molar-refractivity contribution >= 4 is 0 Å². The summed E-state index contributed by atoms with van der Waals surface area (Å²) in [7, 11) is 4.33. The highest BCUT2D eigenvalue weighted by Gasteiger charge is 2.31. The number of nitrogens with zero attached hydrogens (tertiary/aromatic N) is 1. The molecule has 1 rings (SSSR count). The predicted molar refractivity (Wildman–Crippen MR) is 89.6 cm³/mol. The first-order chi connectivity index (χ1) is 9.20. The van der Waals surface area contributed by atoms with Gasteiger partial charge >= 0.3 is 0 Å². The van der Waals surface area contributed by atoms with Gasteiger partial charge in [0.2, 0.25) is 0 Å². The number of likely N-dealkylation sites (N-methyl/N-ethyl adjacent to an activating group) is 2. The Bertz CT molecular complexity index is 424. The Kier molecular flexibility index (Phi) is 5.79. The molecular weight excluding hydrogens is 244 g/mol. The summed E-state index contributed by atoms with van der Waals surface area (Å²) >= 11 is 0. The van der Waals surface area contributed by atoms with Gasteiger partial charge in [0, 0.05) is 11.6 Å². The zero-order chi connectivity index (χ0) is 15.5. The lowest BCUT2D eigenvalue weighted by Crippen LogP contribution is -2.56. The van der Waals surface area contributed by atoms with Gasteiger partial charge in [-0.15, -0.1) is 0 Å². The molecule has 1 unspecified atom stereocenters. The summed E-state index contributed by atoms with van der Waals surface area (Å²) in [5.41, 5.74) is 5.81. The molecule has 0 spiro atoms. The van der Waals surface area contributed by atoms with Crippen LogP contribution < -0.4 is 5.32 Å². The Balaban J connectivity index is 3.09. The standard InChI is InChI=1S/C18H32N2/c1-9-19-17(18(5,6)20(7)8)12-16-14(3)10-13(2)11-15(16)4/h10-11,17,19H,9,12H2,1-8H3. The Morgan fingerprint density at radius 1 is 1.10 bits per heavy atom. The van der Waals surface area contributed by atoms with Crippen LogP contribution in [0.15, 0.2) is 12.1 Å². The Hall–Kier alpha value is -0.860. The molecule has 0 aromatic heterocycles. The van der Waals surface area contributed by atoms with Crippen molar-refractivity contribution in [2.45, 2.75) is 59.5 Å². The van der Waals surface area contributed by atoms with E-state index in [0.29, 0.717) is 6.04 Å². The molecule has 20 heavy (non-hydrogen) atoms. The summed E-state index contributed by atoms with van der Waals surface area (Å²) in [4.78, 5) is 2.32. The lowest BCUT2D eigenvalue weighted by Gasteiger charge is -2.41. The minimum Gasteiger partial charge on any atom is -0.312 e. The van der Waals surface area contributed by atoms with E-state index in [4.69, 9.17) is 0 Å². The van der Waals surface area contributed by atoms with Gasteiger partial charge in [0.05, 0.1) is 0 Å². The second-order valence-electron chi connectivity index (χ2n) is 6.74. The van der Waals surface area contributed by atoms with Crippen LogP contribution in [-0.4, -0.2) is 37.1 Å². The van der Waals surface area contributed by atoms with Gasteiger partial charge in [-0.1, -0.05) is 24.6 Å². The average molecular weight is 276 g/mol. The van der Waals surface area contributed by atoms with Crippen molar-refractivity contribution in [3.63, 3.8) is 0 Å². The van der Waals surface area contributed by atoms with Gasteiger partial charge in [-0.2, -0.15) is 0 Å². The molecular formula is C18H32N2. The van der Waals surface area contributed by atoms with Crippen molar-refractivity contribution < 1.29 is 0 Å². The third-order valence-corrected chi connectivity index (χ3v) is 4.70. The van der Waals surface area contributed by atoms with Crippen molar-refractivity contribution in [2.24, 2.45) is 0 Å². The summed E-state index contributed by atoms with van der Waals surface area (Å²) in [5, 5.41) is 3.68. The zero-order valence-electron chi connectivity index (χ0n) is 14.6. The second kappa shape index (κ2) is 6.73. The van der Waals surface area contributed by atoms with Crippen molar-refractivity contribution in [2.75, 3.05) is 20.6 Å². The molecule has 114 valence electrons. The fourth-order valence-corrected chi connectivity index (χ4v) is 2.87. The van der Waals surface area contributed by atoms with Gasteiger partial charge < -0.3 is 10.2 Å². The van der Waals surface area contributed by atoms with Gasteiger partial charge in [-0.05, 0) is 78.4 Å². The average Bonchev–Trinajstić information content (AvgIpc) is 2.31. The first kappa shape index (κ1) is 17.2. The molecule has 2 nitrogen and oxygen atoms in total. The lowest BCUT2D eigenvalue weighted by atomic mass is 9.85. The molecule has 0 bridgehead atoms. The fourth-order valence-electron chi connectivity index (χ4n) is 2.87. The molecule has 1 aromatic carbocycles. The van der Waals surface area contributed by atoms with Gasteiger partial charge in [-0.3, -0.25) is 0 Å². The van der Waals surface area contributed by atoms with Gasteiger partial charge in [0.25, 0.3) is 0 Å². The predicted octanol–water partition coefficient (Wildman–Crippen LogP) is 3.47. The van der Waals surface area contributed by atoms with Crippen molar-refractivity contribution in [1.29, 1.82) is 0 Å². The molecule has 1 aromatic rings. The summed E-state index contributed by atoms with van der Waals surface area (Å²) in [5.74, 6) is 0. The third kappa shape index (κ3) is 3.83. The smallest absolute Gasteiger partial charge is 0.0303 e. The second-order valence-corrected chi connectivity index (χ2v) is 6.74. The number of aryl methyl sites for hydroxylation is 3. The molecule has 0 heterocycles.